The lowest BCUT2D eigenvalue weighted by Crippen LogP contribution is -1.89. The molecule has 6 rings (SSSR count). The highest BCUT2D eigenvalue weighted by Crippen LogP contribution is 2.40. The third-order valence-corrected chi connectivity index (χ3v) is 6.34. The molecular formula is C37H22. The maximum absolute atomic E-state index is 3.46. The Balaban J connectivity index is 1.41. The van der Waals surface area contributed by atoms with Crippen molar-refractivity contribution in [3.05, 3.63) is 166 Å². The Morgan fingerprint density at radius 2 is 0.865 bits per heavy atom. The molecule has 0 N–H and O–H groups in total. The molecule has 0 fully saturated rings. The van der Waals surface area contributed by atoms with Crippen LogP contribution in [0.3, 0.4) is 0 Å². The fourth-order valence-electron chi connectivity index (χ4n) is 4.59. The van der Waals surface area contributed by atoms with Crippen molar-refractivity contribution in [2.24, 2.45) is 0 Å². The molecule has 0 bridgehead atoms. The summed E-state index contributed by atoms with van der Waals surface area (Å²) in [4.78, 5) is 0. The van der Waals surface area contributed by atoms with Crippen LogP contribution >= 0.6 is 0 Å². The van der Waals surface area contributed by atoms with E-state index < -0.39 is 0 Å². The van der Waals surface area contributed by atoms with Gasteiger partial charge in [-0.25, -0.2) is 0 Å². The molecule has 0 heteroatoms. The van der Waals surface area contributed by atoms with Crippen LogP contribution in [-0.4, -0.2) is 0 Å². The molecule has 0 saturated heterocycles. The third kappa shape index (κ3) is 5.09. The van der Waals surface area contributed by atoms with Gasteiger partial charge in [-0.3, -0.25) is 0 Å². The van der Waals surface area contributed by atoms with Crippen molar-refractivity contribution in [2.45, 2.75) is 6.42 Å². The number of hydrogen-bond donors (Lipinski definition) is 0. The van der Waals surface area contributed by atoms with Gasteiger partial charge in [-0.05, 0) is 83.8 Å². The summed E-state index contributed by atoms with van der Waals surface area (Å²) in [5.74, 6) is 20.1. The predicted octanol–water partition coefficient (Wildman–Crippen LogP) is 7.46. The summed E-state index contributed by atoms with van der Waals surface area (Å²) in [6, 6.07) is 41.2. The zero-order chi connectivity index (χ0) is 24.9. The Kier molecular flexibility index (Phi) is 6.12. The minimum absolute atomic E-state index is 0.854. The molecule has 0 unspecified atom stereocenters. The number of rotatable bonds is 0. The first-order valence-corrected chi connectivity index (χ1v) is 12.3. The van der Waals surface area contributed by atoms with Gasteiger partial charge >= 0.3 is 0 Å². The van der Waals surface area contributed by atoms with Gasteiger partial charge in [-0.1, -0.05) is 96.2 Å². The molecule has 37 heavy (non-hydrogen) atoms. The standard InChI is InChI=1S/C37H22/c1-4-10-28(11-5-1)16-18-31-21-23-36-34(24-31)27-35-26-32(19-17-29-12-6-2-7-13-29)25-33(37(35)36)22-20-30-14-8-3-9-15-30/h1-15,21,23-26H,27H2. The van der Waals surface area contributed by atoms with Crippen LogP contribution in [-0.2, 0) is 6.42 Å². The summed E-state index contributed by atoms with van der Waals surface area (Å²) in [5, 5.41) is 0. The lowest BCUT2D eigenvalue weighted by atomic mass is 9.96. The quantitative estimate of drug-likeness (QED) is 0.204. The van der Waals surface area contributed by atoms with Crippen molar-refractivity contribution in [2.75, 3.05) is 0 Å². The fraction of sp³-hybridized carbons (Fsp3) is 0.0270. The van der Waals surface area contributed by atoms with E-state index in [1.54, 1.807) is 0 Å². The molecule has 0 atom stereocenters. The molecule has 0 heterocycles. The number of benzene rings is 5. The van der Waals surface area contributed by atoms with Crippen LogP contribution in [0.5, 0.6) is 0 Å². The molecule has 0 nitrogen and oxygen atoms in total. The van der Waals surface area contributed by atoms with Crippen LogP contribution in [0.1, 0.15) is 44.5 Å². The summed E-state index contributed by atoms with van der Waals surface area (Å²) < 4.78 is 0. The Morgan fingerprint density at radius 3 is 1.46 bits per heavy atom. The van der Waals surface area contributed by atoms with E-state index in [1.807, 2.05) is 91.0 Å². The Hall–Kier alpha value is -5.22. The second-order valence-corrected chi connectivity index (χ2v) is 8.95. The van der Waals surface area contributed by atoms with Crippen LogP contribution in [0.15, 0.2) is 121 Å². The molecule has 0 aliphatic heterocycles. The van der Waals surface area contributed by atoms with Gasteiger partial charge in [-0.15, -0.1) is 0 Å². The highest BCUT2D eigenvalue weighted by atomic mass is 14.2. The summed E-state index contributed by atoms with van der Waals surface area (Å²) >= 11 is 0. The molecule has 0 amide bonds. The van der Waals surface area contributed by atoms with Gasteiger partial charge in [0.1, 0.15) is 0 Å². The van der Waals surface area contributed by atoms with Crippen molar-refractivity contribution in [3.63, 3.8) is 0 Å². The molecule has 0 saturated carbocycles. The van der Waals surface area contributed by atoms with Gasteiger partial charge < -0.3 is 0 Å². The second kappa shape index (κ2) is 10.2. The van der Waals surface area contributed by atoms with Crippen molar-refractivity contribution in [1.82, 2.24) is 0 Å². The van der Waals surface area contributed by atoms with E-state index in [1.165, 1.54) is 22.3 Å². The molecular weight excluding hydrogens is 444 g/mol. The molecule has 1 aliphatic rings. The van der Waals surface area contributed by atoms with Crippen LogP contribution in [0, 0.1) is 35.5 Å². The minimum atomic E-state index is 0.854. The van der Waals surface area contributed by atoms with E-state index in [0.29, 0.717) is 0 Å². The van der Waals surface area contributed by atoms with Crippen molar-refractivity contribution in [1.29, 1.82) is 0 Å². The molecule has 170 valence electrons. The normalized spacial score (nSPS) is 10.5. The topological polar surface area (TPSA) is 0 Å². The van der Waals surface area contributed by atoms with E-state index in [-0.39, 0.29) is 0 Å². The zero-order valence-corrected chi connectivity index (χ0v) is 20.3. The molecule has 5 aromatic carbocycles. The molecule has 0 radical (unpaired) electrons. The lowest BCUT2D eigenvalue weighted by molar-refractivity contribution is 1.25. The van der Waals surface area contributed by atoms with Gasteiger partial charge in [0.2, 0.25) is 0 Å². The maximum atomic E-state index is 3.46. The zero-order valence-electron chi connectivity index (χ0n) is 20.3. The molecule has 0 aromatic heterocycles. The monoisotopic (exact) mass is 466 g/mol. The van der Waals surface area contributed by atoms with E-state index >= 15 is 0 Å². The molecule has 5 aromatic rings. The van der Waals surface area contributed by atoms with Crippen LogP contribution in [0.25, 0.3) is 11.1 Å². The van der Waals surface area contributed by atoms with Crippen LogP contribution in [0.4, 0.5) is 0 Å². The summed E-state index contributed by atoms with van der Waals surface area (Å²) in [7, 11) is 0. The number of fused-ring (bicyclic) bond motifs is 3. The first-order chi connectivity index (χ1) is 18.3. The maximum Gasteiger partial charge on any atom is 0.0342 e. The minimum Gasteiger partial charge on any atom is -0.0622 e. The van der Waals surface area contributed by atoms with E-state index in [9.17, 15) is 0 Å². The first kappa shape index (κ1) is 22.3. The third-order valence-electron chi connectivity index (χ3n) is 6.34. The van der Waals surface area contributed by atoms with Gasteiger partial charge in [0.15, 0.2) is 0 Å². The summed E-state index contributed by atoms with van der Waals surface area (Å²) in [6.07, 6.45) is 0.854. The highest BCUT2D eigenvalue weighted by Gasteiger charge is 2.22. The predicted molar refractivity (Wildman–Crippen MR) is 152 cm³/mol. The van der Waals surface area contributed by atoms with E-state index in [4.69, 9.17) is 0 Å². The Bertz CT molecular complexity index is 1770. The van der Waals surface area contributed by atoms with Crippen molar-refractivity contribution >= 4 is 0 Å². The number of hydrogen-bond acceptors (Lipinski definition) is 0. The van der Waals surface area contributed by atoms with Gasteiger partial charge in [-0.2, -0.15) is 0 Å². The second-order valence-electron chi connectivity index (χ2n) is 8.95. The average molecular weight is 467 g/mol. The highest BCUT2D eigenvalue weighted by molar-refractivity contribution is 5.83. The summed E-state index contributed by atoms with van der Waals surface area (Å²) in [5.41, 5.74) is 11.0. The fourth-order valence-corrected chi connectivity index (χ4v) is 4.59. The smallest absolute Gasteiger partial charge is 0.0342 e. The lowest BCUT2D eigenvalue weighted by Gasteiger charge is -2.06. The SMILES string of the molecule is C(#Cc1ccc2c(c1)Cc1cc(C#Cc3ccccc3)cc(C#Cc3ccccc3)c1-2)c1ccccc1. The van der Waals surface area contributed by atoms with Gasteiger partial charge in [0, 0.05) is 38.9 Å². The Labute approximate surface area is 218 Å². The van der Waals surface area contributed by atoms with Crippen LogP contribution < -0.4 is 0 Å². The van der Waals surface area contributed by atoms with E-state index in [2.05, 4.69) is 65.9 Å². The average Bonchev–Trinajstić information content (AvgIpc) is 3.33. The largest absolute Gasteiger partial charge is 0.0622 e. The van der Waals surface area contributed by atoms with Gasteiger partial charge in [0.25, 0.3) is 0 Å². The summed E-state index contributed by atoms with van der Waals surface area (Å²) in [6.45, 7) is 0. The van der Waals surface area contributed by atoms with Crippen molar-refractivity contribution < 1.29 is 0 Å². The first-order valence-electron chi connectivity index (χ1n) is 12.3. The van der Waals surface area contributed by atoms with Gasteiger partial charge in [0.05, 0.1) is 0 Å². The molecule has 0 spiro atoms. The van der Waals surface area contributed by atoms with Crippen LogP contribution in [0.2, 0.25) is 0 Å². The Morgan fingerprint density at radius 1 is 0.378 bits per heavy atom. The van der Waals surface area contributed by atoms with Crippen molar-refractivity contribution in [3.8, 4) is 46.6 Å². The molecule has 1 aliphatic carbocycles. The van der Waals surface area contributed by atoms with E-state index in [0.717, 1.165) is 39.8 Å².